The number of phenols is 1. The standard InChI is InChI=1S/C48H61N9O12/c1-47(2,3)48(45(63)64,53-44(62)32-8-12-33(49-4)13-9-32)17-16-37(59)50-18-22-66-26-28-69-29-27-67-23-19-51-38(60)30-57-42(31-10-14-34(58)15-11-31)40-41(54-57)35-6-5-7-36(39(35)43(40)61)52-46(65)55-56-20-24-68-25-21-56/h5-15,49,58H,16-30H2,1-4H3,(H,50,59)(H,51,60)(H,53,62)(H,63,64)(H2,52,55,65)/t48-/m1/s1. The highest BCUT2D eigenvalue weighted by atomic mass is 16.5. The number of hydrazine groups is 1. The summed E-state index contributed by atoms with van der Waals surface area (Å²) in [4.78, 5) is 78.7. The van der Waals surface area contributed by atoms with Crippen molar-refractivity contribution in [3.05, 3.63) is 83.4 Å². The molecule has 1 aromatic heterocycles. The summed E-state index contributed by atoms with van der Waals surface area (Å²) in [5.41, 5.74) is 3.94. The van der Waals surface area contributed by atoms with Gasteiger partial charge in [-0.25, -0.2) is 14.6 Å². The Morgan fingerprint density at radius 1 is 0.797 bits per heavy atom. The van der Waals surface area contributed by atoms with Crippen LogP contribution in [0.5, 0.6) is 5.75 Å². The van der Waals surface area contributed by atoms with Crippen LogP contribution in [-0.4, -0.2) is 152 Å². The SMILES string of the molecule is CNc1ccc(C(=O)N[C@](CCC(=O)NCCOCCOCCOCCNC(=O)Cn2nc3c(c2-c2ccc(O)cc2)C(=O)c2c(NC(=O)NN4CCOCC4)cccc2-3)(C(=O)O)C(C)(C)C)cc1. The molecule has 5 amide bonds. The number of rotatable bonds is 24. The Bertz CT molecular complexity index is 2450. The van der Waals surface area contributed by atoms with Crippen LogP contribution in [0.2, 0.25) is 0 Å². The van der Waals surface area contributed by atoms with Crippen LogP contribution in [0.1, 0.15) is 59.9 Å². The number of aromatic nitrogens is 2. The molecule has 370 valence electrons. The number of amides is 5. The van der Waals surface area contributed by atoms with Crippen LogP contribution in [0.25, 0.3) is 22.5 Å². The van der Waals surface area contributed by atoms with Crippen LogP contribution >= 0.6 is 0 Å². The smallest absolute Gasteiger partial charge is 0.333 e. The molecular formula is C48H61N9O12. The van der Waals surface area contributed by atoms with Gasteiger partial charge in [0, 0.05) is 62.0 Å². The zero-order valence-corrected chi connectivity index (χ0v) is 39.3. The number of anilines is 2. The lowest BCUT2D eigenvalue weighted by atomic mass is 9.70. The molecule has 0 bridgehead atoms. The Morgan fingerprint density at radius 2 is 1.42 bits per heavy atom. The van der Waals surface area contributed by atoms with Crippen molar-refractivity contribution in [3.63, 3.8) is 0 Å². The molecule has 0 saturated carbocycles. The van der Waals surface area contributed by atoms with Gasteiger partial charge in [0.1, 0.15) is 23.5 Å². The molecule has 8 N–H and O–H groups in total. The number of nitrogens with zero attached hydrogens (tertiary/aromatic N) is 3. The van der Waals surface area contributed by atoms with Crippen molar-refractivity contribution in [2.75, 3.05) is 96.7 Å². The molecule has 0 radical (unpaired) electrons. The molecule has 69 heavy (non-hydrogen) atoms. The lowest BCUT2D eigenvalue weighted by Gasteiger charge is -2.41. The Kier molecular flexibility index (Phi) is 17.8. The van der Waals surface area contributed by atoms with Gasteiger partial charge in [-0.3, -0.25) is 29.3 Å². The zero-order valence-electron chi connectivity index (χ0n) is 39.3. The number of hydrogen-bond donors (Lipinski definition) is 8. The molecule has 1 aliphatic carbocycles. The van der Waals surface area contributed by atoms with Gasteiger partial charge >= 0.3 is 12.0 Å². The van der Waals surface area contributed by atoms with E-state index in [0.29, 0.717) is 60.1 Å². The van der Waals surface area contributed by atoms with E-state index in [1.807, 2.05) is 0 Å². The first-order chi connectivity index (χ1) is 33.1. The Labute approximate surface area is 399 Å². The second-order valence-corrected chi connectivity index (χ2v) is 17.3. The monoisotopic (exact) mass is 955 g/mol. The average molecular weight is 956 g/mol. The molecule has 4 aromatic rings. The predicted octanol–water partition coefficient (Wildman–Crippen LogP) is 3.24. The molecule has 1 saturated heterocycles. The minimum absolute atomic E-state index is 0.0272. The summed E-state index contributed by atoms with van der Waals surface area (Å²) in [6.45, 7) is 8.77. The molecule has 0 unspecified atom stereocenters. The first-order valence-electron chi connectivity index (χ1n) is 22.7. The number of aromatic hydroxyl groups is 1. The fourth-order valence-corrected chi connectivity index (χ4v) is 7.89. The topological polar surface area (TPSA) is 273 Å². The molecular weight excluding hydrogens is 895 g/mol. The number of hydrogen-bond acceptors (Lipinski definition) is 14. The molecule has 1 atom stereocenters. The van der Waals surface area contributed by atoms with E-state index in [4.69, 9.17) is 24.0 Å². The number of benzene rings is 3. The van der Waals surface area contributed by atoms with Crippen LogP contribution in [0.4, 0.5) is 16.2 Å². The number of carboxylic acids is 1. The Hall–Kier alpha value is -6.91. The molecule has 21 heteroatoms. The first-order valence-corrected chi connectivity index (χ1v) is 22.7. The van der Waals surface area contributed by atoms with Crippen molar-refractivity contribution < 1.29 is 57.9 Å². The van der Waals surface area contributed by atoms with Gasteiger partial charge in [0.15, 0.2) is 5.78 Å². The number of fused-ring (bicyclic) bond motifs is 3. The molecule has 3 aromatic carbocycles. The lowest BCUT2D eigenvalue weighted by Crippen LogP contribution is -2.62. The minimum atomic E-state index is -1.72. The van der Waals surface area contributed by atoms with E-state index < -0.39 is 28.9 Å². The van der Waals surface area contributed by atoms with Crippen molar-refractivity contribution >= 4 is 46.9 Å². The maximum absolute atomic E-state index is 14.1. The molecule has 2 heterocycles. The van der Waals surface area contributed by atoms with E-state index in [9.17, 15) is 39.0 Å². The van der Waals surface area contributed by atoms with Gasteiger partial charge in [0.25, 0.3) is 5.91 Å². The minimum Gasteiger partial charge on any atom is -0.508 e. The number of carbonyl (C=O) groups is 6. The fourth-order valence-electron chi connectivity index (χ4n) is 7.89. The van der Waals surface area contributed by atoms with Crippen molar-refractivity contribution in [2.24, 2.45) is 5.41 Å². The second-order valence-electron chi connectivity index (χ2n) is 17.3. The number of carboxylic acid groups (broad SMARTS) is 1. The molecule has 1 aliphatic heterocycles. The van der Waals surface area contributed by atoms with Gasteiger partial charge < -0.3 is 55.7 Å². The summed E-state index contributed by atoms with van der Waals surface area (Å²) in [7, 11) is 1.75. The second kappa shape index (κ2) is 23.9. The molecule has 0 spiro atoms. The van der Waals surface area contributed by atoms with E-state index in [1.54, 1.807) is 87.4 Å². The van der Waals surface area contributed by atoms with Crippen LogP contribution in [0, 0.1) is 5.41 Å². The van der Waals surface area contributed by atoms with Gasteiger partial charge in [0.05, 0.1) is 75.4 Å². The van der Waals surface area contributed by atoms with Crippen molar-refractivity contribution in [1.29, 1.82) is 0 Å². The molecule has 6 rings (SSSR count). The highest BCUT2D eigenvalue weighted by Gasteiger charge is 2.50. The van der Waals surface area contributed by atoms with Crippen LogP contribution < -0.4 is 32.0 Å². The van der Waals surface area contributed by atoms with Gasteiger partial charge in [-0.05, 0) is 66.4 Å². The van der Waals surface area contributed by atoms with Crippen LogP contribution in [0.3, 0.4) is 0 Å². The third-order valence-electron chi connectivity index (χ3n) is 11.7. The van der Waals surface area contributed by atoms with E-state index in [1.165, 1.54) is 16.8 Å². The zero-order chi connectivity index (χ0) is 49.6. The fraction of sp³-hybridized carbons (Fsp3) is 0.438. The summed E-state index contributed by atoms with van der Waals surface area (Å²) in [5.74, 6) is -2.88. The number of morpholine rings is 1. The van der Waals surface area contributed by atoms with Crippen molar-refractivity contribution in [2.45, 2.75) is 45.7 Å². The third-order valence-corrected chi connectivity index (χ3v) is 11.7. The van der Waals surface area contributed by atoms with Crippen LogP contribution in [0.15, 0.2) is 66.7 Å². The van der Waals surface area contributed by atoms with Crippen molar-refractivity contribution in [1.82, 2.24) is 36.2 Å². The number of phenolic OH excluding ortho intramolecular Hbond substituents is 1. The highest BCUT2D eigenvalue weighted by Crippen LogP contribution is 2.44. The highest BCUT2D eigenvalue weighted by molar-refractivity contribution is 6.27. The molecule has 2 aliphatic rings. The number of ether oxygens (including phenoxy) is 4. The summed E-state index contributed by atoms with van der Waals surface area (Å²) in [6.07, 6.45) is -0.266. The van der Waals surface area contributed by atoms with E-state index in [2.05, 4.69) is 32.0 Å². The number of aliphatic carboxylic acids is 1. The lowest BCUT2D eigenvalue weighted by molar-refractivity contribution is -0.150. The third kappa shape index (κ3) is 13.2. The summed E-state index contributed by atoms with van der Waals surface area (Å²) >= 11 is 0. The number of ketones is 1. The first kappa shape index (κ1) is 51.5. The average Bonchev–Trinajstić information content (AvgIpc) is 3.83. The molecule has 1 fully saturated rings. The summed E-state index contributed by atoms with van der Waals surface area (Å²) < 4.78 is 23.5. The molecule has 21 nitrogen and oxygen atoms in total. The number of urea groups is 1. The van der Waals surface area contributed by atoms with Gasteiger partial charge in [0.2, 0.25) is 11.8 Å². The Balaban J connectivity index is 0.879. The Morgan fingerprint density at radius 3 is 2.03 bits per heavy atom. The van der Waals surface area contributed by atoms with Gasteiger partial charge in [-0.15, -0.1) is 0 Å². The number of carbonyl (C=O) groups excluding carboxylic acids is 5. The normalized spacial score (nSPS) is 14.2. The maximum Gasteiger partial charge on any atom is 0.333 e. The largest absolute Gasteiger partial charge is 0.508 e. The van der Waals surface area contributed by atoms with Gasteiger partial charge in [-0.2, -0.15) is 5.10 Å². The summed E-state index contributed by atoms with van der Waals surface area (Å²) in [6, 6.07) is 17.5. The van der Waals surface area contributed by atoms with Crippen molar-refractivity contribution in [3.8, 4) is 28.3 Å². The van der Waals surface area contributed by atoms with Gasteiger partial charge in [-0.1, -0.05) is 32.9 Å². The van der Waals surface area contributed by atoms with E-state index in [-0.39, 0.29) is 107 Å². The quantitative estimate of drug-likeness (QED) is 0.0413. The maximum atomic E-state index is 14.1. The van der Waals surface area contributed by atoms with Crippen LogP contribution in [-0.2, 0) is 39.9 Å². The summed E-state index contributed by atoms with van der Waals surface area (Å²) in [5, 5.41) is 40.7. The van der Waals surface area contributed by atoms with E-state index in [0.717, 1.165) is 5.69 Å². The predicted molar refractivity (Wildman–Crippen MR) is 254 cm³/mol. The number of nitrogens with one attached hydrogen (secondary N) is 6. The van der Waals surface area contributed by atoms with E-state index >= 15 is 0 Å².